The lowest BCUT2D eigenvalue weighted by Gasteiger charge is -2.14. The zero-order chi connectivity index (χ0) is 11.1. The maximum absolute atomic E-state index is 4.30. The number of aromatic nitrogens is 1. The third kappa shape index (κ3) is 4.82. The van der Waals surface area contributed by atoms with E-state index < -0.39 is 0 Å². The van der Waals surface area contributed by atoms with Crippen molar-refractivity contribution in [2.75, 3.05) is 5.32 Å². The molecule has 0 radical (unpaired) electrons. The summed E-state index contributed by atoms with van der Waals surface area (Å²) >= 11 is 0. The van der Waals surface area contributed by atoms with Gasteiger partial charge in [-0.3, -0.25) is 0 Å². The van der Waals surface area contributed by atoms with Crippen molar-refractivity contribution in [1.29, 1.82) is 0 Å². The van der Waals surface area contributed by atoms with Crippen molar-refractivity contribution < 1.29 is 0 Å². The molecule has 84 valence electrons. The molecule has 0 spiro atoms. The standard InChI is InChI=1S/C13H22N2/c1-4-5-6-7-12(3)15-13-10-11(2)8-9-14-13/h8-10,12H,4-7H2,1-3H3,(H,14,15). The highest BCUT2D eigenvalue weighted by Crippen LogP contribution is 2.10. The average molecular weight is 206 g/mol. The first kappa shape index (κ1) is 12.0. The minimum atomic E-state index is 0.519. The van der Waals surface area contributed by atoms with E-state index in [2.05, 4.69) is 37.1 Å². The fourth-order valence-electron chi connectivity index (χ4n) is 1.64. The summed E-state index contributed by atoms with van der Waals surface area (Å²) in [6, 6.07) is 4.63. The Balaban J connectivity index is 2.34. The molecule has 0 fully saturated rings. The molecule has 1 aromatic rings. The third-order valence-corrected chi connectivity index (χ3v) is 2.55. The fraction of sp³-hybridized carbons (Fsp3) is 0.615. The van der Waals surface area contributed by atoms with Gasteiger partial charge in [0.25, 0.3) is 0 Å². The Kier molecular flexibility index (Phi) is 5.16. The van der Waals surface area contributed by atoms with E-state index in [1.165, 1.54) is 31.2 Å². The van der Waals surface area contributed by atoms with E-state index in [1.54, 1.807) is 0 Å². The van der Waals surface area contributed by atoms with E-state index in [0.29, 0.717) is 6.04 Å². The second-order valence-electron chi connectivity index (χ2n) is 4.26. The van der Waals surface area contributed by atoms with Gasteiger partial charge >= 0.3 is 0 Å². The molecule has 1 unspecified atom stereocenters. The maximum atomic E-state index is 4.30. The van der Waals surface area contributed by atoms with Crippen molar-refractivity contribution in [3.8, 4) is 0 Å². The number of unbranched alkanes of at least 4 members (excludes halogenated alkanes) is 2. The first-order valence-corrected chi connectivity index (χ1v) is 5.91. The van der Waals surface area contributed by atoms with Gasteiger partial charge < -0.3 is 5.32 Å². The number of hydrogen-bond acceptors (Lipinski definition) is 2. The zero-order valence-corrected chi connectivity index (χ0v) is 10.1. The lowest BCUT2D eigenvalue weighted by atomic mass is 10.1. The Morgan fingerprint density at radius 3 is 2.87 bits per heavy atom. The number of rotatable bonds is 6. The summed E-state index contributed by atoms with van der Waals surface area (Å²) in [7, 11) is 0. The first-order chi connectivity index (χ1) is 7.22. The fourth-order valence-corrected chi connectivity index (χ4v) is 1.64. The number of aryl methyl sites for hydroxylation is 1. The predicted octanol–water partition coefficient (Wildman–Crippen LogP) is 3.77. The summed E-state index contributed by atoms with van der Waals surface area (Å²) in [5, 5.41) is 3.43. The largest absolute Gasteiger partial charge is 0.368 e. The van der Waals surface area contributed by atoms with Crippen LogP contribution < -0.4 is 5.32 Å². The van der Waals surface area contributed by atoms with E-state index in [-0.39, 0.29) is 0 Å². The minimum absolute atomic E-state index is 0.519. The van der Waals surface area contributed by atoms with E-state index in [9.17, 15) is 0 Å². The van der Waals surface area contributed by atoms with Crippen LogP contribution in [0.25, 0.3) is 0 Å². The van der Waals surface area contributed by atoms with Gasteiger partial charge in [-0.1, -0.05) is 26.2 Å². The molecule has 1 atom stereocenters. The smallest absolute Gasteiger partial charge is 0.126 e. The molecule has 0 saturated heterocycles. The van der Waals surface area contributed by atoms with Gasteiger partial charge in [-0.15, -0.1) is 0 Å². The van der Waals surface area contributed by atoms with E-state index in [0.717, 1.165) is 5.82 Å². The summed E-state index contributed by atoms with van der Waals surface area (Å²) < 4.78 is 0. The quantitative estimate of drug-likeness (QED) is 0.717. The van der Waals surface area contributed by atoms with Crippen LogP contribution in [-0.4, -0.2) is 11.0 Å². The van der Waals surface area contributed by atoms with E-state index in [4.69, 9.17) is 0 Å². The molecule has 2 nitrogen and oxygen atoms in total. The highest BCUT2D eigenvalue weighted by Gasteiger charge is 2.02. The summed E-state index contributed by atoms with van der Waals surface area (Å²) in [6.45, 7) is 6.55. The van der Waals surface area contributed by atoms with Crippen LogP contribution in [0.3, 0.4) is 0 Å². The van der Waals surface area contributed by atoms with Crippen LogP contribution in [-0.2, 0) is 0 Å². The second-order valence-corrected chi connectivity index (χ2v) is 4.26. The van der Waals surface area contributed by atoms with Gasteiger partial charge in [-0.2, -0.15) is 0 Å². The van der Waals surface area contributed by atoms with Crippen LogP contribution in [0.1, 0.15) is 45.1 Å². The van der Waals surface area contributed by atoms with Crippen molar-refractivity contribution >= 4 is 5.82 Å². The Labute approximate surface area is 93.1 Å². The molecule has 15 heavy (non-hydrogen) atoms. The van der Waals surface area contributed by atoms with Gasteiger partial charge in [0, 0.05) is 12.2 Å². The number of nitrogens with zero attached hydrogens (tertiary/aromatic N) is 1. The number of hydrogen-bond donors (Lipinski definition) is 1. The monoisotopic (exact) mass is 206 g/mol. The summed E-state index contributed by atoms with van der Waals surface area (Å²) in [5.74, 6) is 0.999. The Morgan fingerprint density at radius 1 is 1.40 bits per heavy atom. The third-order valence-electron chi connectivity index (χ3n) is 2.55. The molecular formula is C13H22N2. The molecule has 0 aromatic carbocycles. The second kappa shape index (κ2) is 6.44. The molecule has 2 heteroatoms. The minimum Gasteiger partial charge on any atom is -0.368 e. The van der Waals surface area contributed by atoms with Crippen LogP contribution in [0, 0.1) is 6.92 Å². The summed E-state index contributed by atoms with van der Waals surface area (Å²) in [5.41, 5.74) is 1.26. The predicted molar refractivity (Wildman–Crippen MR) is 66.2 cm³/mol. The molecule has 1 rings (SSSR count). The Bertz CT molecular complexity index is 284. The Morgan fingerprint density at radius 2 is 2.20 bits per heavy atom. The van der Waals surface area contributed by atoms with Crippen molar-refractivity contribution in [2.45, 2.75) is 52.5 Å². The van der Waals surface area contributed by atoms with Crippen LogP contribution in [0.5, 0.6) is 0 Å². The molecule has 1 aromatic heterocycles. The molecule has 0 aliphatic carbocycles. The van der Waals surface area contributed by atoms with E-state index in [1.807, 2.05) is 12.3 Å². The SMILES string of the molecule is CCCCCC(C)Nc1cc(C)ccn1. The molecular weight excluding hydrogens is 184 g/mol. The van der Waals surface area contributed by atoms with Crippen LogP contribution >= 0.6 is 0 Å². The van der Waals surface area contributed by atoms with Crippen molar-refractivity contribution in [3.05, 3.63) is 23.9 Å². The van der Waals surface area contributed by atoms with Gasteiger partial charge in [-0.05, 0) is 38.0 Å². The van der Waals surface area contributed by atoms with Crippen molar-refractivity contribution in [1.82, 2.24) is 4.98 Å². The average Bonchev–Trinajstić information content (AvgIpc) is 2.18. The highest BCUT2D eigenvalue weighted by molar-refractivity contribution is 5.37. The topological polar surface area (TPSA) is 24.9 Å². The lowest BCUT2D eigenvalue weighted by Crippen LogP contribution is -2.15. The molecule has 0 bridgehead atoms. The first-order valence-electron chi connectivity index (χ1n) is 5.91. The maximum Gasteiger partial charge on any atom is 0.126 e. The molecule has 0 saturated carbocycles. The number of nitrogens with one attached hydrogen (secondary N) is 1. The lowest BCUT2D eigenvalue weighted by molar-refractivity contribution is 0.614. The Hall–Kier alpha value is -1.05. The van der Waals surface area contributed by atoms with Gasteiger partial charge in [0.05, 0.1) is 0 Å². The van der Waals surface area contributed by atoms with Crippen LogP contribution in [0.4, 0.5) is 5.82 Å². The van der Waals surface area contributed by atoms with E-state index >= 15 is 0 Å². The summed E-state index contributed by atoms with van der Waals surface area (Å²) in [4.78, 5) is 4.30. The molecule has 1 heterocycles. The van der Waals surface area contributed by atoms with Crippen molar-refractivity contribution in [2.24, 2.45) is 0 Å². The van der Waals surface area contributed by atoms with Gasteiger partial charge in [0.2, 0.25) is 0 Å². The van der Waals surface area contributed by atoms with Gasteiger partial charge in [0.15, 0.2) is 0 Å². The zero-order valence-electron chi connectivity index (χ0n) is 10.1. The molecule has 0 amide bonds. The van der Waals surface area contributed by atoms with Gasteiger partial charge in [-0.25, -0.2) is 4.98 Å². The van der Waals surface area contributed by atoms with Crippen molar-refractivity contribution in [3.63, 3.8) is 0 Å². The highest BCUT2D eigenvalue weighted by atomic mass is 15.0. The summed E-state index contributed by atoms with van der Waals surface area (Å²) in [6.07, 6.45) is 7.00. The van der Waals surface area contributed by atoms with Crippen LogP contribution in [0.15, 0.2) is 18.3 Å². The van der Waals surface area contributed by atoms with Crippen LogP contribution in [0.2, 0.25) is 0 Å². The molecule has 0 aliphatic heterocycles. The molecule has 1 N–H and O–H groups in total. The normalized spacial score (nSPS) is 12.5. The molecule has 0 aliphatic rings. The van der Waals surface area contributed by atoms with Gasteiger partial charge in [0.1, 0.15) is 5.82 Å². The number of anilines is 1. The number of pyridine rings is 1.